The fraction of sp³-hybridized carbons (Fsp3) is 0.300. The summed E-state index contributed by atoms with van der Waals surface area (Å²) in [5, 5.41) is 0. The molecule has 0 aromatic heterocycles. The molecule has 0 spiro atoms. The van der Waals surface area contributed by atoms with E-state index < -0.39 is 0 Å². The highest BCUT2D eigenvalue weighted by Crippen LogP contribution is 2.18. The van der Waals surface area contributed by atoms with Crippen LogP contribution in [0, 0.1) is 0 Å². The van der Waals surface area contributed by atoms with Crippen LogP contribution in [0.4, 0.5) is 0 Å². The monoisotopic (exact) mass is 248 g/mol. The van der Waals surface area contributed by atoms with Gasteiger partial charge in [0.05, 0.1) is 5.88 Å². The van der Waals surface area contributed by atoms with Crippen molar-refractivity contribution in [1.82, 2.24) is 0 Å². The van der Waals surface area contributed by atoms with Gasteiger partial charge in [-0.25, -0.2) is 0 Å². The van der Waals surface area contributed by atoms with E-state index in [1.54, 1.807) is 0 Å². The molecule has 0 aliphatic heterocycles. The maximum atomic E-state index is 11.1. The van der Waals surface area contributed by atoms with Crippen molar-refractivity contribution in [3.05, 3.63) is 29.3 Å². The lowest BCUT2D eigenvalue weighted by Crippen LogP contribution is -2.04. The molecule has 0 fully saturated rings. The summed E-state index contributed by atoms with van der Waals surface area (Å²) in [5.74, 6) is 0.475. The number of carbonyl (C=O) groups excluding carboxylic acids is 1. The summed E-state index contributed by atoms with van der Waals surface area (Å²) in [6, 6.07) is 5.63. The van der Waals surface area contributed by atoms with E-state index in [1.165, 1.54) is 0 Å². The summed E-state index contributed by atoms with van der Waals surface area (Å²) in [4.78, 5) is 11.9. The first-order valence-corrected chi connectivity index (χ1v) is 5.63. The van der Waals surface area contributed by atoms with Gasteiger partial charge in [0.25, 0.3) is 0 Å². The van der Waals surface area contributed by atoms with Gasteiger partial charge in [-0.2, -0.15) is 0 Å². The van der Waals surface area contributed by atoms with Gasteiger partial charge in [-0.1, -0.05) is 12.1 Å². The van der Waals surface area contributed by atoms with Crippen LogP contribution in [0.25, 0.3) is 0 Å². The summed E-state index contributed by atoms with van der Waals surface area (Å²) in [6.07, 6.45) is 0.326. The topological polar surface area (TPSA) is 17.1 Å². The molecule has 76 valence electrons. The van der Waals surface area contributed by atoms with Crippen LogP contribution in [0.2, 0.25) is 0 Å². The molecule has 0 heterocycles. The highest BCUT2D eigenvalue weighted by atomic mass is 35.5. The maximum Gasteiger partial charge on any atom is 0.151 e. The summed E-state index contributed by atoms with van der Waals surface area (Å²) in [7, 11) is 0. The zero-order chi connectivity index (χ0) is 10.6. The molecule has 0 saturated heterocycles. The van der Waals surface area contributed by atoms with Crippen molar-refractivity contribution >= 4 is 41.6 Å². The highest BCUT2D eigenvalue weighted by Gasteiger charge is 2.06. The van der Waals surface area contributed by atoms with E-state index in [2.05, 4.69) is 12.6 Å². The first-order valence-electron chi connectivity index (χ1n) is 4.11. The molecule has 14 heavy (non-hydrogen) atoms. The third kappa shape index (κ3) is 3.19. The van der Waals surface area contributed by atoms with E-state index in [0.29, 0.717) is 12.3 Å². The van der Waals surface area contributed by atoms with E-state index >= 15 is 0 Å². The number of Topliss-reactive ketones (excluding diaryl/α,β-unsaturated/α-hetero) is 1. The quantitative estimate of drug-likeness (QED) is 0.641. The molecule has 1 aromatic carbocycles. The Balaban J connectivity index is 2.89. The molecule has 0 saturated carbocycles. The van der Waals surface area contributed by atoms with Crippen molar-refractivity contribution < 1.29 is 4.79 Å². The Hall–Kier alpha value is -0.180. The normalized spacial score (nSPS) is 10.2. The summed E-state index contributed by atoms with van der Waals surface area (Å²) >= 11 is 15.4. The first kappa shape index (κ1) is 11.9. The second-order valence-corrected chi connectivity index (χ2v) is 3.96. The second-order valence-electron chi connectivity index (χ2n) is 2.95. The predicted octanol–water partition coefficient (Wildman–Crippen LogP) is 3.06. The fourth-order valence-electron chi connectivity index (χ4n) is 1.12. The molecule has 1 nitrogen and oxygen atoms in total. The minimum absolute atomic E-state index is 0.00584. The largest absolute Gasteiger partial charge is 0.298 e. The molecule has 0 amide bonds. The number of alkyl halides is 2. The Bertz CT molecular complexity index is 339. The Labute approximate surface area is 98.8 Å². The number of rotatable bonds is 4. The number of thiol groups is 1. The Morgan fingerprint density at radius 1 is 1.36 bits per heavy atom. The maximum absolute atomic E-state index is 11.1. The number of hydrogen-bond donors (Lipinski definition) is 1. The second kappa shape index (κ2) is 5.64. The fourth-order valence-corrected chi connectivity index (χ4v) is 1.60. The average molecular weight is 249 g/mol. The lowest BCUT2D eigenvalue weighted by atomic mass is 10.1. The summed E-state index contributed by atoms with van der Waals surface area (Å²) < 4.78 is 0. The van der Waals surface area contributed by atoms with E-state index in [0.717, 1.165) is 16.0 Å². The van der Waals surface area contributed by atoms with Crippen molar-refractivity contribution in [3.63, 3.8) is 0 Å². The van der Waals surface area contributed by atoms with Gasteiger partial charge in [-0.05, 0) is 17.2 Å². The van der Waals surface area contributed by atoms with Crippen LogP contribution in [0.3, 0.4) is 0 Å². The van der Waals surface area contributed by atoms with Crippen molar-refractivity contribution in [2.45, 2.75) is 17.2 Å². The number of benzene rings is 1. The van der Waals surface area contributed by atoms with Crippen LogP contribution in [0.5, 0.6) is 0 Å². The Morgan fingerprint density at radius 3 is 2.64 bits per heavy atom. The third-order valence-electron chi connectivity index (χ3n) is 1.83. The molecule has 0 bridgehead atoms. The molecule has 1 aromatic rings. The zero-order valence-corrected chi connectivity index (χ0v) is 9.87. The van der Waals surface area contributed by atoms with E-state index in [9.17, 15) is 4.79 Å². The number of hydrogen-bond acceptors (Lipinski definition) is 2. The zero-order valence-electron chi connectivity index (χ0n) is 7.46. The first-order chi connectivity index (χ1) is 6.67. The van der Waals surface area contributed by atoms with Gasteiger partial charge in [-0.15, -0.1) is 35.8 Å². The van der Waals surface area contributed by atoms with Gasteiger partial charge in [0.15, 0.2) is 5.78 Å². The van der Waals surface area contributed by atoms with Crippen LogP contribution in [0.1, 0.15) is 11.1 Å². The summed E-state index contributed by atoms with van der Waals surface area (Å²) in [5.41, 5.74) is 1.87. The minimum Gasteiger partial charge on any atom is -0.298 e. The van der Waals surface area contributed by atoms with Crippen molar-refractivity contribution in [2.75, 3.05) is 5.88 Å². The minimum atomic E-state index is -0.00584. The molecule has 1 rings (SSSR count). The highest BCUT2D eigenvalue weighted by molar-refractivity contribution is 7.80. The van der Waals surface area contributed by atoms with E-state index in [1.807, 2.05) is 18.2 Å². The van der Waals surface area contributed by atoms with Gasteiger partial charge in [0.1, 0.15) is 0 Å². The van der Waals surface area contributed by atoms with Crippen LogP contribution in [0.15, 0.2) is 23.1 Å². The molecular formula is C10H10Cl2OS. The SMILES string of the molecule is O=C(CCl)Cc1cc(CCl)ccc1S. The van der Waals surface area contributed by atoms with Crippen molar-refractivity contribution in [1.29, 1.82) is 0 Å². The van der Waals surface area contributed by atoms with Gasteiger partial charge >= 0.3 is 0 Å². The van der Waals surface area contributed by atoms with Crippen LogP contribution in [-0.2, 0) is 17.1 Å². The average Bonchev–Trinajstić information content (AvgIpc) is 2.21. The lowest BCUT2D eigenvalue weighted by molar-refractivity contribution is -0.116. The summed E-state index contributed by atoms with van der Waals surface area (Å²) in [6.45, 7) is 0. The standard InChI is InChI=1S/C10H10Cl2OS/c11-5-7-1-2-10(14)8(3-7)4-9(13)6-12/h1-3,14H,4-6H2. The molecule has 0 unspecified atom stereocenters. The smallest absolute Gasteiger partial charge is 0.151 e. The van der Waals surface area contributed by atoms with Gasteiger partial charge in [0, 0.05) is 17.2 Å². The molecule has 0 aliphatic rings. The molecule has 0 N–H and O–H groups in total. The van der Waals surface area contributed by atoms with Gasteiger partial charge in [0.2, 0.25) is 0 Å². The van der Waals surface area contributed by atoms with Gasteiger partial charge < -0.3 is 0 Å². The molecule has 0 radical (unpaired) electrons. The molecule has 0 aliphatic carbocycles. The third-order valence-corrected chi connectivity index (χ3v) is 2.88. The Morgan fingerprint density at radius 2 is 2.07 bits per heavy atom. The van der Waals surface area contributed by atoms with Gasteiger partial charge in [-0.3, -0.25) is 4.79 Å². The Kier molecular flexibility index (Phi) is 4.79. The molecule has 4 heteroatoms. The van der Waals surface area contributed by atoms with Crippen LogP contribution >= 0.6 is 35.8 Å². The van der Waals surface area contributed by atoms with E-state index in [4.69, 9.17) is 23.2 Å². The lowest BCUT2D eigenvalue weighted by Gasteiger charge is -2.05. The number of halogens is 2. The van der Waals surface area contributed by atoms with Crippen LogP contribution in [-0.4, -0.2) is 11.7 Å². The number of ketones is 1. The van der Waals surface area contributed by atoms with Crippen LogP contribution < -0.4 is 0 Å². The van der Waals surface area contributed by atoms with Crippen molar-refractivity contribution in [3.8, 4) is 0 Å². The van der Waals surface area contributed by atoms with Crippen molar-refractivity contribution in [2.24, 2.45) is 0 Å². The number of carbonyl (C=O) groups is 1. The van der Waals surface area contributed by atoms with E-state index in [-0.39, 0.29) is 11.7 Å². The predicted molar refractivity (Wildman–Crippen MR) is 62.7 cm³/mol. The molecular weight excluding hydrogens is 239 g/mol. The molecule has 0 atom stereocenters.